The van der Waals surface area contributed by atoms with E-state index in [1.54, 1.807) is 45.2 Å². The lowest BCUT2D eigenvalue weighted by atomic mass is 10.1. The molecule has 0 aliphatic carbocycles. The van der Waals surface area contributed by atoms with Crippen molar-refractivity contribution in [2.75, 3.05) is 63.2 Å². The van der Waals surface area contributed by atoms with Crippen molar-refractivity contribution in [3.63, 3.8) is 0 Å². The average molecular weight is 802 g/mol. The molecule has 0 atom stereocenters. The van der Waals surface area contributed by atoms with Gasteiger partial charge in [-0.15, -0.1) is 11.8 Å². The number of rotatable bonds is 13. The Kier molecular flexibility index (Phi) is 21.7. The molecule has 4 rings (SSSR count). The summed E-state index contributed by atoms with van der Waals surface area (Å²) >= 11 is 17.1. The zero-order valence-electron chi connectivity index (χ0n) is 30.4. The molecule has 0 radical (unpaired) electrons. The van der Waals surface area contributed by atoms with Crippen LogP contribution in [0.2, 0.25) is 0 Å². The Morgan fingerprint density at radius 2 is 1.09 bits per heavy atom. The second-order valence-corrected chi connectivity index (χ2v) is 12.6. The van der Waals surface area contributed by atoms with Gasteiger partial charge in [0.1, 0.15) is 0 Å². The Hall–Kier alpha value is -5.57. The largest absolute Gasteiger partial charge is 0.493 e. The summed E-state index contributed by atoms with van der Waals surface area (Å²) < 4.78 is 15.7. The molecule has 0 spiro atoms. The van der Waals surface area contributed by atoms with Gasteiger partial charge in [-0.3, -0.25) is 0 Å². The van der Waals surface area contributed by atoms with Gasteiger partial charge in [-0.25, -0.2) is 0 Å². The highest BCUT2D eigenvalue weighted by molar-refractivity contribution is 7.98. The van der Waals surface area contributed by atoms with Gasteiger partial charge in [0.2, 0.25) is 5.75 Å². The summed E-state index contributed by atoms with van der Waals surface area (Å²) in [5, 5.41) is 47.2. The predicted molar refractivity (Wildman–Crippen MR) is 232 cm³/mol. The number of nitrogens with zero attached hydrogens (tertiary/aromatic N) is 3. The van der Waals surface area contributed by atoms with E-state index in [2.05, 4.69) is 56.2 Å². The number of hydrogen-bond donors (Lipinski definition) is 6. The summed E-state index contributed by atoms with van der Waals surface area (Å²) in [5.41, 5.74) is 2.63. The molecule has 54 heavy (non-hydrogen) atoms. The first kappa shape index (κ1) is 44.6. The highest BCUT2D eigenvalue weighted by atomic mass is 32.2. The van der Waals surface area contributed by atoms with Crippen molar-refractivity contribution in [2.24, 2.45) is 0 Å². The van der Waals surface area contributed by atoms with Crippen LogP contribution in [-0.2, 0) is 0 Å². The standard InChI is InChI=1S/C14H13N3S.C13H17N3O3S.C11H13N3S2/c15-9-4-10-16-14(18)17-13-8-3-6-11-5-1-2-7-12(11)13;1-17-10-7-9(8-11(18-2)12(10)19-3)16-13(20)15-6-4-5-14;1-16-10-5-3-9(4-6-10)14-11(15)13-8-2-7-12/h1-3,5-8H,4,10H2,(H2,16,17,18);7-8H,4,6H2,1-3H3,(H2,15,16,20);3-6H,2,8H2,1H3,(H2,13,14,15). The second kappa shape index (κ2) is 26.2. The van der Waals surface area contributed by atoms with Crippen LogP contribution >= 0.6 is 48.4 Å². The quantitative estimate of drug-likeness (QED) is 0.0444. The van der Waals surface area contributed by atoms with Crippen LogP contribution in [0.5, 0.6) is 17.2 Å². The first-order valence-corrected chi connectivity index (χ1v) is 18.9. The molecule has 12 nitrogen and oxygen atoms in total. The number of ether oxygens (including phenoxy) is 3. The minimum absolute atomic E-state index is 0.386. The number of hydrogen-bond acceptors (Lipinski definition) is 10. The SMILES string of the molecule is COc1cc(NC(=S)NCCC#N)cc(OC)c1OC.CSc1ccc(NC(=S)NCCC#N)cc1.N#CCCNC(=S)Nc1cccc2ccccc12. The van der Waals surface area contributed by atoms with Gasteiger partial charge >= 0.3 is 0 Å². The number of anilines is 3. The monoisotopic (exact) mass is 801 g/mol. The van der Waals surface area contributed by atoms with Crippen molar-refractivity contribution in [1.82, 2.24) is 16.0 Å². The predicted octanol–water partition coefficient (Wildman–Crippen LogP) is 7.56. The van der Waals surface area contributed by atoms with Crippen LogP contribution in [-0.4, -0.2) is 62.6 Å². The Balaban J connectivity index is 0.000000282. The van der Waals surface area contributed by atoms with Crippen LogP contribution in [0.15, 0.2) is 83.8 Å². The number of methoxy groups -OCH3 is 3. The first-order valence-electron chi connectivity index (χ1n) is 16.4. The van der Waals surface area contributed by atoms with Gasteiger partial charge in [0.25, 0.3) is 0 Å². The lowest BCUT2D eigenvalue weighted by molar-refractivity contribution is 0.324. The molecule has 0 bridgehead atoms. The Bertz CT molecular complexity index is 1910. The minimum Gasteiger partial charge on any atom is -0.493 e. The maximum absolute atomic E-state index is 8.46. The lowest BCUT2D eigenvalue weighted by Crippen LogP contribution is -2.29. The Morgan fingerprint density at radius 1 is 0.611 bits per heavy atom. The molecule has 0 aromatic heterocycles. The van der Waals surface area contributed by atoms with Crippen molar-refractivity contribution in [3.8, 4) is 35.5 Å². The van der Waals surface area contributed by atoms with Gasteiger partial charge in [-0.2, -0.15) is 15.8 Å². The van der Waals surface area contributed by atoms with E-state index in [4.69, 9.17) is 66.6 Å². The minimum atomic E-state index is 0.386. The lowest BCUT2D eigenvalue weighted by Gasteiger charge is -2.15. The van der Waals surface area contributed by atoms with Crippen molar-refractivity contribution in [1.29, 1.82) is 15.8 Å². The molecule has 0 fully saturated rings. The van der Waals surface area contributed by atoms with E-state index in [0.717, 1.165) is 16.8 Å². The average Bonchev–Trinajstić information content (AvgIpc) is 3.18. The van der Waals surface area contributed by atoms with E-state index in [1.807, 2.05) is 66.9 Å². The highest BCUT2D eigenvalue weighted by Gasteiger charge is 2.13. The fourth-order valence-corrected chi connectivity index (χ4v) is 5.43. The topological polar surface area (TPSA) is 171 Å². The van der Waals surface area contributed by atoms with E-state index in [0.29, 0.717) is 77.2 Å². The normalized spacial score (nSPS) is 9.43. The van der Waals surface area contributed by atoms with E-state index in [-0.39, 0.29) is 0 Å². The van der Waals surface area contributed by atoms with Gasteiger partial charge in [-0.1, -0.05) is 36.4 Å². The molecule has 0 unspecified atom stereocenters. The number of benzene rings is 4. The van der Waals surface area contributed by atoms with E-state index < -0.39 is 0 Å². The fraction of sp³-hybridized carbons (Fsp3) is 0.263. The van der Waals surface area contributed by atoms with Crippen LogP contribution in [0, 0.1) is 34.0 Å². The second-order valence-electron chi connectivity index (χ2n) is 10.5. The highest BCUT2D eigenvalue weighted by Crippen LogP contribution is 2.39. The van der Waals surface area contributed by atoms with Crippen molar-refractivity contribution in [3.05, 3.63) is 78.9 Å². The molecule has 16 heteroatoms. The van der Waals surface area contributed by atoms with E-state index >= 15 is 0 Å². The third-order valence-corrected chi connectivity index (χ3v) is 8.36. The molecule has 4 aromatic carbocycles. The summed E-state index contributed by atoms with van der Waals surface area (Å²) in [7, 11) is 4.64. The van der Waals surface area contributed by atoms with Gasteiger partial charge < -0.3 is 46.1 Å². The third-order valence-electron chi connectivity index (χ3n) is 6.88. The Labute approximate surface area is 337 Å². The molecule has 0 aliphatic heterocycles. The molecule has 0 amide bonds. The van der Waals surface area contributed by atoms with Crippen molar-refractivity contribution < 1.29 is 14.2 Å². The van der Waals surface area contributed by atoms with Crippen LogP contribution in [0.1, 0.15) is 19.3 Å². The number of nitrogens with one attached hydrogen (secondary N) is 6. The number of thiocarbonyl (C=S) groups is 3. The Morgan fingerprint density at radius 3 is 1.57 bits per heavy atom. The fourth-order valence-electron chi connectivity index (χ4n) is 4.37. The zero-order chi connectivity index (χ0) is 39.6. The smallest absolute Gasteiger partial charge is 0.203 e. The number of thioether (sulfide) groups is 1. The summed E-state index contributed by atoms with van der Waals surface area (Å²) in [4.78, 5) is 1.22. The van der Waals surface area contributed by atoms with Crippen molar-refractivity contribution >= 4 is 91.6 Å². The molecule has 0 aliphatic rings. The summed E-state index contributed by atoms with van der Waals surface area (Å²) in [6, 6.07) is 31.8. The van der Waals surface area contributed by atoms with Crippen LogP contribution < -0.4 is 46.1 Å². The van der Waals surface area contributed by atoms with Gasteiger partial charge in [-0.05, 0) is 78.6 Å². The maximum Gasteiger partial charge on any atom is 0.203 e. The molecular weight excluding hydrogens is 759 g/mol. The molecular formula is C38H43N9O3S4. The number of nitriles is 3. The maximum atomic E-state index is 8.46. The van der Waals surface area contributed by atoms with E-state index in [9.17, 15) is 0 Å². The summed E-state index contributed by atoms with van der Waals surface area (Å²) in [6.07, 6.45) is 3.32. The zero-order valence-corrected chi connectivity index (χ0v) is 33.7. The van der Waals surface area contributed by atoms with Gasteiger partial charge in [0, 0.05) is 59.1 Å². The summed E-state index contributed by atoms with van der Waals surface area (Å²) in [5.74, 6) is 1.59. The molecule has 282 valence electrons. The van der Waals surface area contributed by atoms with Crippen molar-refractivity contribution in [2.45, 2.75) is 24.2 Å². The van der Waals surface area contributed by atoms with Crippen LogP contribution in [0.3, 0.4) is 0 Å². The molecule has 0 saturated heterocycles. The first-order chi connectivity index (χ1) is 26.2. The van der Waals surface area contributed by atoms with Crippen LogP contribution in [0.25, 0.3) is 10.8 Å². The molecule has 6 N–H and O–H groups in total. The van der Waals surface area contributed by atoms with Gasteiger partial charge in [0.15, 0.2) is 26.8 Å². The summed E-state index contributed by atoms with van der Waals surface area (Å²) in [6.45, 7) is 1.63. The van der Waals surface area contributed by atoms with Crippen LogP contribution in [0.4, 0.5) is 17.1 Å². The third kappa shape index (κ3) is 16.4. The molecule has 0 saturated carbocycles. The van der Waals surface area contributed by atoms with E-state index in [1.165, 1.54) is 10.3 Å². The number of fused-ring (bicyclic) bond motifs is 1. The van der Waals surface area contributed by atoms with Gasteiger partial charge in [0.05, 0.1) is 58.8 Å². The molecule has 0 heterocycles. The molecule has 4 aromatic rings.